The predicted octanol–water partition coefficient (Wildman–Crippen LogP) is 2.28. The SMILES string of the molecule is CNc1nccc(C(=O)N2CCCCC2C)c1F. The fourth-order valence-corrected chi connectivity index (χ4v) is 2.34. The van der Waals surface area contributed by atoms with Gasteiger partial charge in [-0.25, -0.2) is 9.37 Å². The van der Waals surface area contributed by atoms with Crippen molar-refractivity contribution in [3.8, 4) is 0 Å². The first kappa shape index (κ1) is 12.8. The van der Waals surface area contributed by atoms with Gasteiger partial charge in [0.2, 0.25) is 0 Å². The number of carbonyl (C=O) groups is 1. The van der Waals surface area contributed by atoms with Crippen molar-refractivity contribution >= 4 is 11.7 Å². The Hall–Kier alpha value is -1.65. The van der Waals surface area contributed by atoms with Gasteiger partial charge in [-0.05, 0) is 32.3 Å². The molecule has 1 atom stereocenters. The Labute approximate surface area is 106 Å². The molecule has 98 valence electrons. The highest BCUT2D eigenvalue weighted by Crippen LogP contribution is 2.22. The van der Waals surface area contributed by atoms with Crippen LogP contribution < -0.4 is 5.32 Å². The van der Waals surface area contributed by atoms with Gasteiger partial charge < -0.3 is 10.2 Å². The van der Waals surface area contributed by atoms with Crippen LogP contribution in [-0.2, 0) is 0 Å². The van der Waals surface area contributed by atoms with Crippen LogP contribution in [0.25, 0.3) is 0 Å². The molecule has 1 saturated heterocycles. The van der Waals surface area contributed by atoms with Crippen LogP contribution in [0.4, 0.5) is 10.2 Å². The summed E-state index contributed by atoms with van der Waals surface area (Å²) in [7, 11) is 1.59. The third-order valence-electron chi connectivity index (χ3n) is 3.42. The van der Waals surface area contributed by atoms with E-state index in [4.69, 9.17) is 0 Å². The molecule has 1 aromatic heterocycles. The standard InChI is InChI=1S/C13H18FN3O/c1-9-5-3-4-8-17(9)13(18)10-6-7-16-12(15-2)11(10)14/h6-7,9H,3-5,8H2,1-2H3,(H,15,16). The van der Waals surface area contributed by atoms with Crippen LogP contribution in [0, 0.1) is 5.82 Å². The van der Waals surface area contributed by atoms with Gasteiger partial charge >= 0.3 is 0 Å². The van der Waals surface area contributed by atoms with Crippen LogP contribution in [-0.4, -0.2) is 35.4 Å². The number of hydrogen-bond acceptors (Lipinski definition) is 3. The van der Waals surface area contributed by atoms with Crippen LogP contribution in [0.15, 0.2) is 12.3 Å². The molecule has 2 rings (SSSR count). The molecule has 1 fully saturated rings. The Morgan fingerprint density at radius 1 is 1.56 bits per heavy atom. The summed E-state index contributed by atoms with van der Waals surface area (Å²) in [5, 5.41) is 2.65. The van der Waals surface area contributed by atoms with Crippen molar-refractivity contribution in [1.29, 1.82) is 0 Å². The number of nitrogens with one attached hydrogen (secondary N) is 1. The molecule has 1 aromatic rings. The smallest absolute Gasteiger partial charge is 0.257 e. The molecule has 0 radical (unpaired) electrons. The average Bonchev–Trinajstić information content (AvgIpc) is 2.39. The number of hydrogen-bond donors (Lipinski definition) is 1. The van der Waals surface area contributed by atoms with Crippen molar-refractivity contribution in [1.82, 2.24) is 9.88 Å². The van der Waals surface area contributed by atoms with Crippen molar-refractivity contribution in [2.24, 2.45) is 0 Å². The molecule has 0 aromatic carbocycles. The van der Waals surface area contributed by atoms with Gasteiger partial charge in [-0.2, -0.15) is 0 Å². The summed E-state index contributed by atoms with van der Waals surface area (Å²) in [5.74, 6) is -0.688. The molecule has 2 heterocycles. The summed E-state index contributed by atoms with van der Waals surface area (Å²) < 4.78 is 14.0. The number of aromatic nitrogens is 1. The van der Waals surface area contributed by atoms with E-state index in [0.29, 0.717) is 6.54 Å². The summed E-state index contributed by atoms with van der Waals surface area (Å²) in [4.78, 5) is 17.9. The van der Waals surface area contributed by atoms with E-state index in [9.17, 15) is 9.18 Å². The van der Waals surface area contributed by atoms with Crippen LogP contribution in [0.5, 0.6) is 0 Å². The quantitative estimate of drug-likeness (QED) is 0.877. The highest BCUT2D eigenvalue weighted by atomic mass is 19.1. The van der Waals surface area contributed by atoms with Crippen LogP contribution in [0.3, 0.4) is 0 Å². The Morgan fingerprint density at radius 2 is 2.33 bits per heavy atom. The van der Waals surface area contributed by atoms with E-state index in [2.05, 4.69) is 10.3 Å². The second kappa shape index (κ2) is 5.33. The third kappa shape index (κ3) is 2.30. The highest BCUT2D eigenvalue weighted by molar-refractivity contribution is 5.95. The highest BCUT2D eigenvalue weighted by Gasteiger charge is 2.26. The number of rotatable bonds is 2. The zero-order valence-electron chi connectivity index (χ0n) is 10.7. The van der Waals surface area contributed by atoms with Crippen molar-refractivity contribution in [3.05, 3.63) is 23.6 Å². The van der Waals surface area contributed by atoms with Crippen molar-refractivity contribution in [2.45, 2.75) is 32.2 Å². The fraction of sp³-hybridized carbons (Fsp3) is 0.538. The Balaban J connectivity index is 2.28. The van der Waals surface area contributed by atoms with Gasteiger partial charge in [0.15, 0.2) is 11.6 Å². The second-order valence-electron chi connectivity index (χ2n) is 4.61. The number of carbonyl (C=O) groups excluding carboxylic acids is 1. The van der Waals surface area contributed by atoms with Crippen LogP contribution in [0.1, 0.15) is 36.5 Å². The lowest BCUT2D eigenvalue weighted by Crippen LogP contribution is -2.42. The van der Waals surface area contributed by atoms with E-state index in [1.807, 2.05) is 6.92 Å². The lowest BCUT2D eigenvalue weighted by molar-refractivity contribution is 0.0631. The van der Waals surface area contributed by atoms with E-state index in [0.717, 1.165) is 19.3 Å². The number of likely N-dealkylation sites (tertiary alicyclic amines) is 1. The third-order valence-corrected chi connectivity index (χ3v) is 3.42. The predicted molar refractivity (Wildman–Crippen MR) is 68.1 cm³/mol. The van der Waals surface area contributed by atoms with Crippen LogP contribution >= 0.6 is 0 Å². The van der Waals surface area contributed by atoms with E-state index in [1.54, 1.807) is 11.9 Å². The molecule has 0 saturated carbocycles. The monoisotopic (exact) mass is 251 g/mol. The lowest BCUT2D eigenvalue weighted by atomic mass is 10.0. The minimum Gasteiger partial charge on any atom is -0.371 e. The Bertz CT molecular complexity index is 450. The summed E-state index contributed by atoms with van der Waals surface area (Å²) in [6, 6.07) is 1.62. The average molecular weight is 251 g/mol. The lowest BCUT2D eigenvalue weighted by Gasteiger charge is -2.33. The summed E-state index contributed by atoms with van der Waals surface area (Å²) >= 11 is 0. The number of anilines is 1. The maximum absolute atomic E-state index is 14.0. The van der Waals surface area contributed by atoms with E-state index in [1.165, 1.54) is 12.3 Å². The van der Waals surface area contributed by atoms with Gasteiger partial charge in [0.05, 0.1) is 5.56 Å². The molecule has 1 unspecified atom stereocenters. The summed E-state index contributed by atoms with van der Waals surface area (Å²) in [6.45, 7) is 2.71. The molecule has 0 bridgehead atoms. The van der Waals surface area contributed by atoms with Gasteiger partial charge in [-0.15, -0.1) is 0 Å². The van der Waals surface area contributed by atoms with Gasteiger partial charge in [0, 0.05) is 25.8 Å². The van der Waals surface area contributed by atoms with Crippen LogP contribution in [0.2, 0.25) is 0 Å². The molecule has 1 N–H and O–H groups in total. The topological polar surface area (TPSA) is 45.2 Å². The van der Waals surface area contributed by atoms with Gasteiger partial charge in [0.1, 0.15) is 0 Å². The maximum Gasteiger partial charge on any atom is 0.257 e. The van der Waals surface area contributed by atoms with E-state index >= 15 is 0 Å². The number of piperidine rings is 1. The largest absolute Gasteiger partial charge is 0.371 e. The van der Waals surface area contributed by atoms with Crippen molar-refractivity contribution in [3.63, 3.8) is 0 Å². The minimum absolute atomic E-state index is 0.100. The molecule has 5 heteroatoms. The number of nitrogens with zero attached hydrogens (tertiary/aromatic N) is 2. The summed E-state index contributed by atoms with van der Waals surface area (Å²) in [6.07, 6.45) is 4.56. The molecule has 1 amide bonds. The molecular weight excluding hydrogens is 233 g/mol. The minimum atomic E-state index is -0.567. The molecule has 4 nitrogen and oxygen atoms in total. The number of halogens is 1. The summed E-state index contributed by atoms with van der Waals surface area (Å²) in [5.41, 5.74) is 0.100. The molecule has 0 spiro atoms. The van der Waals surface area contributed by atoms with Crippen molar-refractivity contribution < 1.29 is 9.18 Å². The molecule has 0 aliphatic carbocycles. The first-order valence-electron chi connectivity index (χ1n) is 6.28. The first-order valence-corrected chi connectivity index (χ1v) is 6.28. The maximum atomic E-state index is 14.0. The fourth-order valence-electron chi connectivity index (χ4n) is 2.34. The van der Waals surface area contributed by atoms with Gasteiger partial charge in [0.25, 0.3) is 5.91 Å². The van der Waals surface area contributed by atoms with E-state index < -0.39 is 5.82 Å². The van der Waals surface area contributed by atoms with Gasteiger partial charge in [-0.3, -0.25) is 4.79 Å². The Kier molecular flexibility index (Phi) is 3.79. The zero-order chi connectivity index (χ0) is 13.1. The first-order chi connectivity index (χ1) is 8.65. The number of amides is 1. The second-order valence-corrected chi connectivity index (χ2v) is 4.61. The molecule has 1 aliphatic heterocycles. The molecule has 1 aliphatic rings. The molecular formula is C13H18FN3O. The Morgan fingerprint density at radius 3 is 3.00 bits per heavy atom. The van der Waals surface area contributed by atoms with Gasteiger partial charge in [-0.1, -0.05) is 0 Å². The van der Waals surface area contributed by atoms with E-state index in [-0.39, 0.29) is 23.3 Å². The zero-order valence-corrected chi connectivity index (χ0v) is 10.7. The normalized spacial score (nSPS) is 19.7. The molecule has 18 heavy (non-hydrogen) atoms. The van der Waals surface area contributed by atoms with Crippen molar-refractivity contribution in [2.75, 3.05) is 18.9 Å². The number of pyridine rings is 1.